The minimum atomic E-state index is -3.03. The van der Waals surface area contributed by atoms with Gasteiger partial charge in [0.25, 0.3) is 5.91 Å². The van der Waals surface area contributed by atoms with Crippen molar-refractivity contribution in [3.8, 4) is 0 Å². The fraction of sp³-hybridized carbons (Fsp3) is 0.667. The van der Waals surface area contributed by atoms with Crippen molar-refractivity contribution in [3.05, 3.63) is 18.1 Å². The molecule has 1 atom stereocenters. The number of carbonyl (C=O) groups excluding carboxylic acids is 1. The number of sulfone groups is 1. The standard InChI is InChI=1S/C15H24N4O3S/c1-3-5-7-16-14-10-17-13(9-18-14)15(20)19(4-2)12-6-8-23(21,22)11-12/h9-10,12H,3-8,11H2,1-2H3,(H,16,18). The number of unbranched alkanes of at least 4 members (excludes halogenated alkanes) is 1. The maximum Gasteiger partial charge on any atom is 0.274 e. The van der Waals surface area contributed by atoms with E-state index < -0.39 is 9.84 Å². The molecule has 1 amide bonds. The minimum Gasteiger partial charge on any atom is -0.369 e. The van der Waals surface area contributed by atoms with E-state index in [0.717, 1.165) is 19.4 Å². The predicted octanol–water partition coefficient (Wildman–Crippen LogP) is 1.34. The van der Waals surface area contributed by atoms with Crippen LogP contribution in [0.5, 0.6) is 0 Å². The van der Waals surface area contributed by atoms with E-state index in [0.29, 0.717) is 18.8 Å². The monoisotopic (exact) mass is 340 g/mol. The topological polar surface area (TPSA) is 92.3 Å². The zero-order chi connectivity index (χ0) is 16.9. The Bertz CT molecular complexity index is 631. The number of hydrogen-bond acceptors (Lipinski definition) is 6. The molecular formula is C15H24N4O3S. The number of nitrogens with one attached hydrogen (secondary N) is 1. The van der Waals surface area contributed by atoms with Crippen LogP contribution in [0.1, 0.15) is 43.6 Å². The fourth-order valence-corrected chi connectivity index (χ4v) is 4.39. The molecule has 1 fully saturated rings. The summed E-state index contributed by atoms with van der Waals surface area (Å²) in [5.41, 5.74) is 0.247. The summed E-state index contributed by atoms with van der Waals surface area (Å²) in [6.07, 6.45) is 5.62. The van der Waals surface area contributed by atoms with Crippen molar-refractivity contribution in [2.45, 2.75) is 39.2 Å². The van der Waals surface area contributed by atoms with Crippen LogP contribution in [0, 0.1) is 0 Å². The van der Waals surface area contributed by atoms with Crippen molar-refractivity contribution in [2.24, 2.45) is 0 Å². The summed E-state index contributed by atoms with van der Waals surface area (Å²) in [5, 5.41) is 3.14. The molecule has 0 saturated carbocycles. The molecule has 0 spiro atoms. The molecule has 0 aromatic carbocycles. The molecule has 1 aliphatic rings. The lowest BCUT2D eigenvalue weighted by atomic mass is 10.2. The van der Waals surface area contributed by atoms with Crippen molar-refractivity contribution < 1.29 is 13.2 Å². The van der Waals surface area contributed by atoms with Crippen molar-refractivity contribution in [2.75, 3.05) is 29.9 Å². The van der Waals surface area contributed by atoms with E-state index in [2.05, 4.69) is 22.2 Å². The summed E-state index contributed by atoms with van der Waals surface area (Å²) in [5.74, 6) is 0.563. The molecular weight excluding hydrogens is 316 g/mol. The number of carbonyl (C=O) groups is 1. The van der Waals surface area contributed by atoms with Crippen LogP contribution in [0.15, 0.2) is 12.4 Å². The van der Waals surface area contributed by atoms with Crippen LogP contribution >= 0.6 is 0 Å². The number of nitrogens with zero attached hydrogens (tertiary/aromatic N) is 3. The first kappa shape index (κ1) is 17.7. The van der Waals surface area contributed by atoms with Crippen LogP contribution in [-0.4, -0.2) is 59.8 Å². The highest BCUT2D eigenvalue weighted by molar-refractivity contribution is 7.91. The molecule has 0 radical (unpaired) electrons. The lowest BCUT2D eigenvalue weighted by Gasteiger charge is -2.26. The Morgan fingerprint density at radius 1 is 1.35 bits per heavy atom. The van der Waals surface area contributed by atoms with E-state index >= 15 is 0 Å². The number of hydrogen-bond donors (Lipinski definition) is 1. The van der Waals surface area contributed by atoms with Gasteiger partial charge in [0.15, 0.2) is 9.84 Å². The van der Waals surface area contributed by atoms with Crippen LogP contribution in [0.2, 0.25) is 0 Å². The molecule has 1 aromatic rings. The van der Waals surface area contributed by atoms with Crippen LogP contribution < -0.4 is 5.32 Å². The van der Waals surface area contributed by atoms with Crippen LogP contribution in [-0.2, 0) is 9.84 Å². The van der Waals surface area contributed by atoms with Gasteiger partial charge in [-0.3, -0.25) is 4.79 Å². The lowest BCUT2D eigenvalue weighted by molar-refractivity contribution is 0.0702. The molecule has 0 aliphatic carbocycles. The van der Waals surface area contributed by atoms with Gasteiger partial charge in [-0.1, -0.05) is 13.3 Å². The molecule has 1 N–H and O–H groups in total. The van der Waals surface area contributed by atoms with Crippen LogP contribution in [0.3, 0.4) is 0 Å². The first-order valence-electron chi connectivity index (χ1n) is 8.04. The average Bonchev–Trinajstić information content (AvgIpc) is 2.89. The van der Waals surface area contributed by atoms with Gasteiger partial charge in [-0.2, -0.15) is 0 Å². The first-order chi connectivity index (χ1) is 11.0. The maximum atomic E-state index is 12.6. The first-order valence-corrected chi connectivity index (χ1v) is 9.86. The summed E-state index contributed by atoms with van der Waals surface area (Å²) >= 11 is 0. The van der Waals surface area contributed by atoms with Gasteiger partial charge in [-0.15, -0.1) is 0 Å². The summed E-state index contributed by atoms with van der Waals surface area (Å²) < 4.78 is 23.2. The highest BCUT2D eigenvalue weighted by Crippen LogP contribution is 2.19. The Morgan fingerprint density at radius 2 is 2.13 bits per heavy atom. The van der Waals surface area contributed by atoms with Crippen molar-refractivity contribution >= 4 is 21.6 Å². The summed E-state index contributed by atoms with van der Waals surface area (Å²) in [6.45, 7) is 5.23. The van der Waals surface area contributed by atoms with Crippen LogP contribution in [0.4, 0.5) is 5.82 Å². The molecule has 0 bridgehead atoms. The lowest BCUT2D eigenvalue weighted by Crippen LogP contribution is -2.41. The second-order valence-electron chi connectivity index (χ2n) is 5.72. The highest BCUT2D eigenvalue weighted by atomic mass is 32.2. The SMILES string of the molecule is CCCCNc1cnc(C(=O)N(CC)C2CCS(=O)(=O)C2)cn1. The van der Waals surface area contributed by atoms with E-state index in [1.165, 1.54) is 6.20 Å². The number of amides is 1. The van der Waals surface area contributed by atoms with Gasteiger partial charge in [0.1, 0.15) is 11.5 Å². The normalized spacial score (nSPS) is 19.5. The van der Waals surface area contributed by atoms with Gasteiger partial charge >= 0.3 is 0 Å². The Kier molecular flexibility index (Phi) is 5.92. The van der Waals surface area contributed by atoms with Crippen molar-refractivity contribution in [1.29, 1.82) is 0 Å². The van der Waals surface area contributed by atoms with Gasteiger partial charge in [0, 0.05) is 19.1 Å². The summed E-state index contributed by atoms with van der Waals surface area (Å²) in [4.78, 5) is 22.5. The largest absolute Gasteiger partial charge is 0.369 e. The van der Waals surface area contributed by atoms with Gasteiger partial charge < -0.3 is 10.2 Å². The highest BCUT2D eigenvalue weighted by Gasteiger charge is 2.34. The molecule has 23 heavy (non-hydrogen) atoms. The third-order valence-electron chi connectivity index (χ3n) is 3.96. The second kappa shape index (κ2) is 7.72. The van der Waals surface area contributed by atoms with Gasteiger partial charge in [0.05, 0.1) is 23.9 Å². The zero-order valence-corrected chi connectivity index (χ0v) is 14.5. The van der Waals surface area contributed by atoms with Gasteiger partial charge in [-0.25, -0.2) is 18.4 Å². The Labute approximate surface area is 137 Å². The smallest absolute Gasteiger partial charge is 0.274 e. The molecule has 1 aliphatic heterocycles. The third kappa shape index (κ3) is 4.63. The molecule has 1 unspecified atom stereocenters. The average molecular weight is 340 g/mol. The van der Waals surface area contributed by atoms with Crippen LogP contribution in [0.25, 0.3) is 0 Å². The van der Waals surface area contributed by atoms with E-state index in [9.17, 15) is 13.2 Å². The van der Waals surface area contributed by atoms with E-state index in [1.54, 1.807) is 11.1 Å². The van der Waals surface area contributed by atoms with E-state index in [4.69, 9.17) is 0 Å². The molecule has 7 nitrogen and oxygen atoms in total. The quantitative estimate of drug-likeness (QED) is 0.753. The van der Waals surface area contributed by atoms with Crippen molar-refractivity contribution in [1.82, 2.24) is 14.9 Å². The van der Waals surface area contributed by atoms with E-state index in [1.807, 2.05) is 6.92 Å². The molecule has 1 saturated heterocycles. The van der Waals surface area contributed by atoms with E-state index in [-0.39, 0.29) is 29.1 Å². The fourth-order valence-electron chi connectivity index (χ4n) is 2.66. The minimum absolute atomic E-state index is 0.0384. The van der Waals surface area contributed by atoms with Crippen molar-refractivity contribution in [3.63, 3.8) is 0 Å². The summed E-state index contributed by atoms with van der Waals surface area (Å²) in [6, 6.07) is -0.262. The molecule has 2 rings (SSSR count). The third-order valence-corrected chi connectivity index (χ3v) is 5.71. The number of anilines is 1. The molecule has 128 valence electrons. The maximum absolute atomic E-state index is 12.6. The van der Waals surface area contributed by atoms with Gasteiger partial charge in [-0.05, 0) is 19.8 Å². The Morgan fingerprint density at radius 3 is 2.65 bits per heavy atom. The second-order valence-corrected chi connectivity index (χ2v) is 7.94. The Hall–Kier alpha value is -1.70. The molecule has 1 aromatic heterocycles. The number of aromatic nitrogens is 2. The molecule has 8 heteroatoms. The Balaban J connectivity index is 2.03. The van der Waals surface area contributed by atoms with Gasteiger partial charge in [0.2, 0.25) is 0 Å². The molecule has 2 heterocycles. The number of rotatable bonds is 7. The summed E-state index contributed by atoms with van der Waals surface area (Å²) in [7, 11) is -3.03. The zero-order valence-electron chi connectivity index (χ0n) is 13.7. The predicted molar refractivity (Wildman–Crippen MR) is 89.2 cm³/mol.